The molecule has 2 heteroatoms. The van der Waals surface area contributed by atoms with Crippen LogP contribution in [0.2, 0.25) is 0 Å². The summed E-state index contributed by atoms with van der Waals surface area (Å²) in [6.45, 7) is 5.70. The van der Waals surface area contributed by atoms with Gasteiger partial charge < -0.3 is 4.98 Å². The molecule has 1 nitrogen and oxygen atoms in total. The average molecular weight is 153 g/mol. The molecule has 0 radical (unpaired) electrons. The molecule has 1 aromatic heterocycles. The van der Waals surface area contributed by atoms with E-state index in [0.717, 1.165) is 5.75 Å². The number of H-pyrrole nitrogens is 1. The Bertz CT molecular complexity index is 215. The number of thioether (sulfide) groups is 1. The first-order valence-corrected chi connectivity index (χ1v) is 4.21. The van der Waals surface area contributed by atoms with Gasteiger partial charge in [0, 0.05) is 11.4 Å². The van der Waals surface area contributed by atoms with Gasteiger partial charge in [0.05, 0.1) is 5.03 Å². The van der Waals surface area contributed by atoms with Gasteiger partial charge in [0.2, 0.25) is 0 Å². The van der Waals surface area contributed by atoms with E-state index in [2.05, 4.69) is 30.6 Å². The standard InChI is InChI=1S/C8H11NS/c1-3-6-10-8-5-4-7(2)9-8/h3-5,9H,1,6H2,2H3. The minimum absolute atomic E-state index is 0.972. The molecule has 0 atom stereocenters. The van der Waals surface area contributed by atoms with Gasteiger partial charge in [0.25, 0.3) is 0 Å². The zero-order valence-electron chi connectivity index (χ0n) is 6.05. The smallest absolute Gasteiger partial charge is 0.0726 e. The van der Waals surface area contributed by atoms with E-state index in [1.165, 1.54) is 10.7 Å². The molecule has 1 N–H and O–H groups in total. The molecule has 54 valence electrons. The van der Waals surface area contributed by atoms with E-state index in [4.69, 9.17) is 0 Å². The fourth-order valence-corrected chi connectivity index (χ4v) is 1.41. The summed E-state index contributed by atoms with van der Waals surface area (Å²) in [6, 6.07) is 4.16. The fourth-order valence-electron chi connectivity index (χ4n) is 0.711. The Hall–Kier alpha value is -0.630. The molecule has 0 spiro atoms. The second-order valence-electron chi connectivity index (χ2n) is 2.11. The Balaban J connectivity index is 2.49. The van der Waals surface area contributed by atoms with Crippen LogP contribution < -0.4 is 0 Å². The van der Waals surface area contributed by atoms with Crippen LogP contribution in [0.3, 0.4) is 0 Å². The highest BCUT2D eigenvalue weighted by molar-refractivity contribution is 7.99. The highest BCUT2D eigenvalue weighted by atomic mass is 32.2. The Kier molecular flexibility index (Phi) is 2.63. The summed E-state index contributed by atoms with van der Waals surface area (Å²) >= 11 is 1.77. The molecule has 0 saturated heterocycles. The third kappa shape index (κ3) is 1.95. The molecule has 0 aliphatic carbocycles. The molecular formula is C8H11NS. The third-order valence-corrected chi connectivity index (χ3v) is 2.11. The van der Waals surface area contributed by atoms with Gasteiger partial charge in [-0.3, -0.25) is 0 Å². The van der Waals surface area contributed by atoms with Crippen molar-refractivity contribution >= 4 is 11.8 Å². The molecule has 0 bridgehead atoms. The maximum atomic E-state index is 3.65. The van der Waals surface area contributed by atoms with Gasteiger partial charge in [0.1, 0.15) is 0 Å². The number of hydrogen-bond acceptors (Lipinski definition) is 1. The number of hydrogen-bond donors (Lipinski definition) is 1. The Morgan fingerprint density at radius 1 is 1.70 bits per heavy atom. The van der Waals surface area contributed by atoms with Crippen LogP contribution in [-0.2, 0) is 0 Å². The molecule has 0 unspecified atom stereocenters. The molecular weight excluding hydrogens is 142 g/mol. The monoisotopic (exact) mass is 153 g/mol. The quantitative estimate of drug-likeness (QED) is 0.521. The fraction of sp³-hybridized carbons (Fsp3) is 0.250. The molecule has 1 heterocycles. The lowest BCUT2D eigenvalue weighted by molar-refractivity contribution is 1.14. The van der Waals surface area contributed by atoms with Gasteiger partial charge in [-0.1, -0.05) is 6.08 Å². The average Bonchev–Trinajstić information content (AvgIpc) is 2.31. The number of nitrogens with one attached hydrogen (secondary N) is 1. The number of aryl methyl sites for hydroxylation is 1. The Labute approximate surface area is 65.5 Å². The predicted molar refractivity (Wildman–Crippen MR) is 46.5 cm³/mol. The lowest BCUT2D eigenvalue weighted by atomic mass is 10.5. The minimum Gasteiger partial charge on any atom is -0.354 e. The lowest BCUT2D eigenvalue weighted by Gasteiger charge is -1.90. The van der Waals surface area contributed by atoms with Crippen molar-refractivity contribution in [2.45, 2.75) is 11.9 Å². The maximum Gasteiger partial charge on any atom is 0.0726 e. The second-order valence-corrected chi connectivity index (χ2v) is 3.17. The first-order chi connectivity index (χ1) is 4.83. The van der Waals surface area contributed by atoms with Crippen molar-refractivity contribution in [2.75, 3.05) is 5.75 Å². The van der Waals surface area contributed by atoms with Gasteiger partial charge in [-0.25, -0.2) is 0 Å². The van der Waals surface area contributed by atoms with Crippen molar-refractivity contribution in [3.8, 4) is 0 Å². The summed E-state index contributed by atoms with van der Waals surface area (Å²) in [5, 5.41) is 1.22. The van der Waals surface area contributed by atoms with Crippen LogP contribution in [-0.4, -0.2) is 10.7 Å². The van der Waals surface area contributed by atoms with Gasteiger partial charge in [0.15, 0.2) is 0 Å². The highest BCUT2D eigenvalue weighted by Gasteiger charge is 1.91. The molecule has 0 aliphatic heterocycles. The topological polar surface area (TPSA) is 15.8 Å². The van der Waals surface area contributed by atoms with Crippen LogP contribution in [0.25, 0.3) is 0 Å². The van der Waals surface area contributed by atoms with Crippen molar-refractivity contribution in [2.24, 2.45) is 0 Å². The van der Waals surface area contributed by atoms with Gasteiger partial charge in [-0.15, -0.1) is 18.3 Å². The molecule has 1 rings (SSSR count). The summed E-state index contributed by atoms with van der Waals surface area (Å²) in [7, 11) is 0. The maximum absolute atomic E-state index is 3.65. The van der Waals surface area contributed by atoms with E-state index in [-0.39, 0.29) is 0 Å². The highest BCUT2D eigenvalue weighted by Crippen LogP contribution is 2.15. The summed E-state index contributed by atoms with van der Waals surface area (Å²) < 4.78 is 0. The summed E-state index contributed by atoms with van der Waals surface area (Å²) in [4.78, 5) is 3.23. The van der Waals surface area contributed by atoms with Crippen molar-refractivity contribution < 1.29 is 0 Å². The number of aromatic nitrogens is 1. The van der Waals surface area contributed by atoms with Crippen LogP contribution >= 0.6 is 11.8 Å². The van der Waals surface area contributed by atoms with Crippen molar-refractivity contribution in [3.63, 3.8) is 0 Å². The van der Waals surface area contributed by atoms with Crippen molar-refractivity contribution in [3.05, 3.63) is 30.5 Å². The molecule has 10 heavy (non-hydrogen) atoms. The zero-order chi connectivity index (χ0) is 7.40. The first-order valence-electron chi connectivity index (χ1n) is 3.22. The van der Waals surface area contributed by atoms with E-state index < -0.39 is 0 Å². The van der Waals surface area contributed by atoms with Crippen LogP contribution in [0, 0.1) is 6.92 Å². The second kappa shape index (κ2) is 3.52. The van der Waals surface area contributed by atoms with Crippen molar-refractivity contribution in [1.29, 1.82) is 0 Å². The van der Waals surface area contributed by atoms with E-state index in [0.29, 0.717) is 0 Å². The van der Waals surface area contributed by atoms with E-state index in [9.17, 15) is 0 Å². The molecule has 0 aromatic carbocycles. The van der Waals surface area contributed by atoms with Crippen LogP contribution in [0.4, 0.5) is 0 Å². The molecule has 1 aromatic rings. The number of rotatable bonds is 3. The summed E-state index contributed by atoms with van der Waals surface area (Å²) in [6.07, 6.45) is 1.90. The summed E-state index contributed by atoms with van der Waals surface area (Å²) in [5.74, 6) is 0.972. The molecule has 0 fully saturated rings. The van der Waals surface area contributed by atoms with Gasteiger partial charge >= 0.3 is 0 Å². The van der Waals surface area contributed by atoms with E-state index in [1.54, 1.807) is 11.8 Å². The molecule has 0 amide bonds. The van der Waals surface area contributed by atoms with Crippen LogP contribution in [0.5, 0.6) is 0 Å². The number of aromatic amines is 1. The molecule has 0 aliphatic rings. The zero-order valence-corrected chi connectivity index (χ0v) is 6.87. The summed E-state index contributed by atoms with van der Waals surface area (Å²) in [5.41, 5.74) is 1.21. The largest absolute Gasteiger partial charge is 0.354 e. The predicted octanol–water partition coefficient (Wildman–Crippen LogP) is 2.60. The minimum atomic E-state index is 0.972. The van der Waals surface area contributed by atoms with Gasteiger partial charge in [-0.05, 0) is 19.1 Å². The Morgan fingerprint density at radius 2 is 2.50 bits per heavy atom. The van der Waals surface area contributed by atoms with Crippen LogP contribution in [0.1, 0.15) is 5.69 Å². The van der Waals surface area contributed by atoms with Crippen molar-refractivity contribution in [1.82, 2.24) is 4.98 Å². The SMILES string of the molecule is C=CCSc1ccc(C)[nH]1. The normalized spacial score (nSPS) is 9.70. The van der Waals surface area contributed by atoms with E-state index in [1.807, 2.05) is 6.08 Å². The third-order valence-electron chi connectivity index (χ3n) is 1.16. The Morgan fingerprint density at radius 3 is 3.00 bits per heavy atom. The first kappa shape index (κ1) is 7.48. The van der Waals surface area contributed by atoms with E-state index >= 15 is 0 Å². The van der Waals surface area contributed by atoms with Gasteiger partial charge in [-0.2, -0.15) is 0 Å². The van der Waals surface area contributed by atoms with Crippen LogP contribution in [0.15, 0.2) is 29.8 Å². The molecule has 0 saturated carbocycles. The lowest BCUT2D eigenvalue weighted by Crippen LogP contribution is -1.72.